The van der Waals surface area contributed by atoms with Gasteiger partial charge in [0.25, 0.3) is 5.91 Å². The molecule has 0 radical (unpaired) electrons. The summed E-state index contributed by atoms with van der Waals surface area (Å²) in [5.74, 6) is -0.521. The molecule has 26 heavy (non-hydrogen) atoms. The summed E-state index contributed by atoms with van der Waals surface area (Å²) in [6.07, 6.45) is 0.933. The summed E-state index contributed by atoms with van der Waals surface area (Å²) in [7, 11) is 0. The Morgan fingerprint density at radius 2 is 2.00 bits per heavy atom. The molecular weight excluding hydrogens is 346 g/mol. The lowest BCUT2D eigenvalue weighted by molar-refractivity contribution is -0.117. The van der Waals surface area contributed by atoms with Crippen molar-refractivity contribution in [3.8, 4) is 0 Å². The Hall–Kier alpha value is -2.47. The Balaban J connectivity index is 1.79. The fourth-order valence-electron chi connectivity index (χ4n) is 3.15. The summed E-state index contributed by atoms with van der Waals surface area (Å²) < 4.78 is 0. The van der Waals surface area contributed by atoms with Crippen molar-refractivity contribution in [3.05, 3.63) is 53.6 Å². The summed E-state index contributed by atoms with van der Waals surface area (Å²) in [5.41, 5.74) is 8.26. The van der Waals surface area contributed by atoms with E-state index in [4.69, 9.17) is 5.73 Å². The Morgan fingerprint density at radius 1 is 1.23 bits per heavy atom. The molecule has 6 heteroatoms. The lowest BCUT2D eigenvalue weighted by Crippen LogP contribution is -2.37. The van der Waals surface area contributed by atoms with E-state index in [2.05, 4.69) is 18.3 Å². The van der Waals surface area contributed by atoms with E-state index in [1.807, 2.05) is 42.2 Å². The maximum absolute atomic E-state index is 12.9. The minimum atomic E-state index is -0.497. The average molecular weight is 369 g/mol. The molecule has 1 aliphatic heterocycles. The molecule has 0 aliphatic carbocycles. The van der Waals surface area contributed by atoms with Crippen LogP contribution in [-0.2, 0) is 4.79 Å². The second-order valence-corrected chi connectivity index (χ2v) is 7.93. The predicted molar refractivity (Wildman–Crippen MR) is 107 cm³/mol. The van der Waals surface area contributed by atoms with Crippen molar-refractivity contribution in [2.45, 2.75) is 30.4 Å². The van der Waals surface area contributed by atoms with E-state index in [1.54, 1.807) is 17.8 Å². The first-order chi connectivity index (χ1) is 12.5. The number of primary amides is 1. The Bertz CT molecular complexity index is 838. The van der Waals surface area contributed by atoms with Crippen molar-refractivity contribution in [1.29, 1.82) is 0 Å². The highest BCUT2D eigenvalue weighted by atomic mass is 32.2. The van der Waals surface area contributed by atoms with E-state index in [-0.39, 0.29) is 12.5 Å². The first-order valence-corrected chi connectivity index (χ1v) is 9.54. The van der Waals surface area contributed by atoms with E-state index in [0.29, 0.717) is 23.0 Å². The summed E-state index contributed by atoms with van der Waals surface area (Å²) in [6, 6.07) is 13.4. The number of aryl methyl sites for hydroxylation is 1. The third-order valence-electron chi connectivity index (χ3n) is 4.49. The molecular formula is C20H23N3O2S. The van der Waals surface area contributed by atoms with Crippen LogP contribution in [-0.4, -0.2) is 30.2 Å². The van der Waals surface area contributed by atoms with Crippen LogP contribution < -0.4 is 16.0 Å². The first kappa shape index (κ1) is 18.3. The second-order valence-electron chi connectivity index (χ2n) is 6.45. The van der Waals surface area contributed by atoms with E-state index >= 15 is 0 Å². The van der Waals surface area contributed by atoms with Gasteiger partial charge in [0.1, 0.15) is 0 Å². The predicted octanol–water partition coefficient (Wildman–Crippen LogP) is 3.42. The number of benzene rings is 2. The number of carbonyl (C=O) groups excluding carboxylic acids is 2. The molecule has 0 spiro atoms. The van der Waals surface area contributed by atoms with E-state index in [9.17, 15) is 9.59 Å². The van der Waals surface area contributed by atoms with E-state index < -0.39 is 5.91 Å². The molecule has 2 amide bonds. The van der Waals surface area contributed by atoms with Crippen LogP contribution in [0.3, 0.4) is 0 Å². The number of carbonyl (C=O) groups is 2. The molecule has 5 nitrogen and oxygen atoms in total. The van der Waals surface area contributed by atoms with Crippen molar-refractivity contribution < 1.29 is 9.59 Å². The lowest BCUT2D eigenvalue weighted by atomic mass is 10.1. The van der Waals surface area contributed by atoms with Crippen LogP contribution in [0.4, 0.5) is 11.4 Å². The van der Waals surface area contributed by atoms with Crippen LogP contribution in [0.15, 0.2) is 47.4 Å². The zero-order chi connectivity index (χ0) is 18.7. The first-order valence-electron chi connectivity index (χ1n) is 8.66. The van der Waals surface area contributed by atoms with Crippen LogP contribution >= 0.6 is 11.8 Å². The van der Waals surface area contributed by atoms with Gasteiger partial charge in [-0.2, -0.15) is 0 Å². The molecule has 2 aromatic carbocycles. The number of nitrogens with two attached hydrogens (primary N) is 1. The molecule has 0 unspecified atom stereocenters. The topological polar surface area (TPSA) is 75.4 Å². The highest BCUT2D eigenvalue weighted by Gasteiger charge is 2.24. The quantitative estimate of drug-likeness (QED) is 0.866. The largest absolute Gasteiger partial charge is 0.375 e. The Kier molecular flexibility index (Phi) is 5.52. The van der Waals surface area contributed by atoms with Crippen molar-refractivity contribution in [1.82, 2.24) is 0 Å². The fraction of sp³-hybridized carbons (Fsp3) is 0.300. The van der Waals surface area contributed by atoms with Gasteiger partial charge in [-0.05, 0) is 37.1 Å². The number of hydrogen-bond acceptors (Lipinski definition) is 4. The van der Waals surface area contributed by atoms with E-state index in [0.717, 1.165) is 22.6 Å². The number of nitrogens with one attached hydrogen (secondary N) is 1. The summed E-state index contributed by atoms with van der Waals surface area (Å²) in [6.45, 7) is 4.80. The summed E-state index contributed by atoms with van der Waals surface area (Å²) in [5, 5.41) is 3.55. The number of thioether (sulfide) groups is 1. The van der Waals surface area contributed by atoms with Gasteiger partial charge < -0.3 is 16.0 Å². The van der Waals surface area contributed by atoms with Crippen molar-refractivity contribution in [2.24, 2.45) is 5.73 Å². The normalized spacial score (nSPS) is 16.5. The van der Waals surface area contributed by atoms with Crippen LogP contribution in [0.5, 0.6) is 0 Å². The monoisotopic (exact) mass is 369 g/mol. The third-order valence-corrected chi connectivity index (χ3v) is 5.73. The molecule has 3 rings (SSSR count). The molecule has 1 heterocycles. The van der Waals surface area contributed by atoms with Crippen LogP contribution in [0.2, 0.25) is 0 Å². The minimum absolute atomic E-state index is 0.0240. The van der Waals surface area contributed by atoms with Crippen LogP contribution in [0.1, 0.15) is 29.3 Å². The van der Waals surface area contributed by atoms with Crippen molar-refractivity contribution in [3.63, 3.8) is 0 Å². The fourth-order valence-corrected chi connectivity index (χ4v) is 4.27. The second kappa shape index (κ2) is 7.83. The number of anilines is 2. The molecule has 0 fully saturated rings. The molecule has 0 bridgehead atoms. The number of hydrogen-bond donors (Lipinski definition) is 2. The maximum Gasteiger partial charge on any atom is 0.251 e. The molecule has 0 saturated carbocycles. The maximum atomic E-state index is 12.9. The summed E-state index contributed by atoms with van der Waals surface area (Å²) >= 11 is 1.80. The highest BCUT2D eigenvalue weighted by molar-refractivity contribution is 8.00. The van der Waals surface area contributed by atoms with Gasteiger partial charge in [0, 0.05) is 22.4 Å². The minimum Gasteiger partial charge on any atom is -0.375 e. The van der Waals surface area contributed by atoms with Crippen LogP contribution in [0, 0.1) is 6.92 Å². The van der Waals surface area contributed by atoms with Gasteiger partial charge in [0.15, 0.2) is 0 Å². The van der Waals surface area contributed by atoms with Gasteiger partial charge >= 0.3 is 0 Å². The van der Waals surface area contributed by atoms with Gasteiger partial charge in [-0.25, -0.2) is 0 Å². The van der Waals surface area contributed by atoms with Gasteiger partial charge in [-0.15, -0.1) is 11.8 Å². The SMILES string of the molecule is Cc1cccc(NCC(=O)N2CC[C@@H](C)Sc3ccccc32)c1C(N)=O. The number of nitrogens with zero attached hydrogens (tertiary/aromatic N) is 1. The van der Waals surface area contributed by atoms with Gasteiger partial charge in [0.2, 0.25) is 5.91 Å². The zero-order valence-electron chi connectivity index (χ0n) is 15.0. The Labute approximate surface area is 157 Å². The summed E-state index contributed by atoms with van der Waals surface area (Å²) in [4.78, 5) is 27.6. The number of amides is 2. The van der Waals surface area contributed by atoms with Crippen LogP contribution in [0.25, 0.3) is 0 Å². The molecule has 136 valence electrons. The molecule has 1 atom stereocenters. The number of fused-ring (bicyclic) bond motifs is 1. The average Bonchev–Trinajstić information content (AvgIpc) is 2.77. The van der Waals surface area contributed by atoms with E-state index in [1.165, 1.54) is 0 Å². The van der Waals surface area contributed by atoms with Crippen molar-refractivity contribution >= 4 is 35.0 Å². The lowest BCUT2D eigenvalue weighted by Gasteiger charge is -2.23. The standard InChI is InChI=1S/C20H23N3O2S/c1-13-6-5-7-15(19(13)20(21)25)22-12-18(24)23-11-10-14(2)26-17-9-4-3-8-16(17)23/h3-9,14,22H,10-12H2,1-2H3,(H2,21,25)/t14-/m1/s1. The molecule has 1 aliphatic rings. The number of rotatable bonds is 4. The van der Waals surface area contributed by atoms with Gasteiger partial charge in [-0.1, -0.05) is 31.2 Å². The van der Waals surface area contributed by atoms with Gasteiger partial charge in [-0.3, -0.25) is 9.59 Å². The molecule has 0 saturated heterocycles. The Morgan fingerprint density at radius 3 is 2.77 bits per heavy atom. The molecule has 2 aromatic rings. The third kappa shape index (κ3) is 3.85. The number of para-hydroxylation sites is 1. The smallest absolute Gasteiger partial charge is 0.251 e. The highest BCUT2D eigenvalue weighted by Crippen LogP contribution is 2.37. The molecule has 0 aromatic heterocycles. The van der Waals surface area contributed by atoms with Gasteiger partial charge in [0.05, 0.1) is 17.8 Å². The zero-order valence-corrected chi connectivity index (χ0v) is 15.8. The molecule has 3 N–H and O–H groups in total. The van der Waals surface area contributed by atoms with Crippen molar-refractivity contribution in [2.75, 3.05) is 23.3 Å².